The van der Waals surface area contributed by atoms with E-state index in [9.17, 15) is 0 Å². The minimum Gasteiger partial charge on any atom is -0.379 e. The van der Waals surface area contributed by atoms with Crippen LogP contribution in [-0.2, 0) is 11.3 Å². The van der Waals surface area contributed by atoms with E-state index in [0.29, 0.717) is 12.0 Å². The van der Waals surface area contributed by atoms with Gasteiger partial charge >= 0.3 is 0 Å². The normalized spacial score (nSPS) is 21.7. The number of hydrogen-bond acceptors (Lipinski definition) is 5. The molecule has 0 aliphatic carbocycles. The molecule has 0 spiro atoms. The summed E-state index contributed by atoms with van der Waals surface area (Å²) in [6, 6.07) is 4.87. The molecule has 0 unspecified atom stereocenters. The molecule has 2 aliphatic rings. The Morgan fingerprint density at radius 1 is 1.15 bits per heavy atom. The molecule has 146 valence electrons. The number of aromatic nitrogens is 3. The van der Waals surface area contributed by atoms with E-state index in [1.165, 1.54) is 24.2 Å². The summed E-state index contributed by atoms with van der Waals surface area (Å²) in [4.78, 5) is 14.3. The number of ether oxygens (including phenoxy) is 1. The van der Waals surface area contributed by atoms with E-state index in [0.717, 1.165) is 51.8 Å². The number of anilines is 1. The highest BCUT2D eigenvalue weighted by Gasteiger charge is 2.26. The second-order valence-electron chi connectivity index (χ2n) is 7.98. The first-order valence-electron chi connectivity index (χ1n) is 10.2. The third-order valence-electron chi connectivity index (χ3n) is 5.68. The maximum absolute atomic E-state index is 5.43. The molecule has 6 heteroatoms. The van der Waals surface area contributed by atoms with Gasteiger partial charge in [0.2, 0.25) is 0 Å². The Morgan fingerprint density at radius 2 is 2.00 bits per heavy atom. The summed E-state index contributed by atoms with van der Waals surface area (Å²) in [5.41, 5.74) is 1.28. The molecule has 4 heterocycles. The van der Waals surface area contributed by atoms with Crippen LogP contribution in [0.3, 0.4) is 0 Å². The van der Waals surface area contributed by atoms with Crippen LogP contribution in [0.5, 0.6) is 0 Å². The Kier molecular flexibility index (Phi) is 5.74. The van der Waals surface area contributed by atoms with Crippen LogP contribution in [0.2, 0.25) is 0 Å². The molecule has 2 saturated heterocycles. The van der Waals surface area contributed by atoms with Crippen molar-refractivity contribution in [2.45, 2.75) is 45.2 Å². The van der Waals surface area contributed by atoms with Crippen LogP contribution < -0.4 is 4.90 Å². The van der Waals surface area contributed by atoms with E-state index in [-0.39, 0.29) is 0 Å². The molecular formula is C21H31N5O. The van der Waals surface area contributed by atoms with Gasteiger partial charge in [-0.2, -0.15) is 0 Å². The monoisotopic (exact) mass is 369 g/mol. The lowest BCUT2D eigenvalue weighted by Gasteiger charge is -2.34. The van der Waals surface area contributed by atoms with Gasteiger partial charge in [0.25, 0.3) is 0 Å². The maximum atomic E-state index is 5.43. The maximum Gasteiger partial charge on any atom is 0.128 e. The average Bonchev–Trinajstić information content (AvgIpc) is 3.20. The lowest BCUT2D eigenvalue weighted by molar-refractivity contribution is 0.0341. The van der Waals surface area contributed by atoms with Gasteiger partial charge < -0.3 is 14.2 Å². The van der Waals surface area contributed by atoms with Gasteiger partial charge in [0.05, 0.1) is 13.2 Å². The summed E-state index contributed by atoms with van der Waals surface area (Å²) >= 11 is 0. The number of hydrogen-bond donors (Lipinski definition) is 0. The van der Waals surface area contributed by atoms with Crippen molar-refractivity contribution in [3.05, 3.63) is 42.1 Å². The highest BCUT2D eigenvalue weighted by atomic mass is 16.5. The highest BCUT2D eigenvalue weighted by molar-refractivity contribution is 5.40. The fraction of sp³-hybridized carbons (Fsp3) is 0.619. The second kappa shape index (κ2) is 8.40. The Balaban J connectivity index is 1.41. The van der Waals surface area contributed by atoms with Crippen LogP contribution in [0.15, 0.2) is 30.7 Å². The zero-order valence-corrected chi connectivity index (χ0v) is 16.5. The summed E-state index contributed by atoms with van der Waals surface area (Å²) in [5, 5.41) is 0. The summed E-state index contributed by atoms with van der Waals surface area (Å²) in [7, 11) is 0. The number of morpholine rings is 1. The number of imidazole rings is 1. The van der Waals surface area contributed by atoms with Gasteiger partial charge in [-0.25, -0.2) is 9.97 Å². The van der Waals surface area contributed by atoms with Crippen molar-refractivity contribution < 1.29 is 4.74 Å². The van der Waals surface area contributed by atoms with Crippen molar-refractivity contribution >= 4 is 5.82 Å². The Morgan fingerprint density at radius 3 is 2.74 bits per heavy atom. The zero-order valence-electron chi connectivity index (χ0n) is 16.5. The molecule has 0 amide bonds. The SMILES string of the molecule is CC(C)n1ccnc1[C@H]1CCCN(c2ccc(CN3CCOCC3)cn2)C1. The Hall–Kier alpha value is -1.92. The first kappa shape index (κ1) is 18.4. The number of piperidine rings is 1. The van der Waals surface area contributed by atoms with Crippen molar-refractivity contribution in [1.82, 2.24) is 19.4 Å². The van der Waals surface area contributed by atoms with Crippen LogP contribution in [-0.4, -0.2) is 58.8 Å². The third kappa shape index (κ3) is 4.33. The number of pyridine rings is 1. The standard InChI is InChI=1S/C21H31N5O/c1-17(2)26-9-7-22-21(26)19-4-3-8-25(16-19)20-6-5-18(14-23-20)15-24-10-12-27-13-11-24/h5-7,9,14,17,19H,3-4,8,10-13,15-16H2,1-2H3/t19-/m0/s1. The van der Waals surface area contributed by atoms with Crippen molar-refractivity contribution in [3.63, 3.8) is 0 Å². The van der Waals surface area contributed by atoms with Crippen molar-refractivity contribution in [1.29, 1.82) is 0 Å². The number of nitrogens with zero attached hydrogens (tertiary/aromatic N) is 5. The van der Waals surface area contributed by atoms with E-state index in [2.05, 4.69) is 51.5 Å². The first-order valence-corrected chi connectivity index (χ1v) is 10.2. The molecule has 6 nitrogen and oxygen atoms in total. The van der Waals surface area contributed by atoms with E-state index >= 15 is 0 Å². The summed E-state index contributed by atoms with van der Waals surface area (Å²) in [6.45, 7) is 11.2. The van der Waals surface area contributed by atoms with E-state index in [1.807, 2.05) is 12.4 Å². The zero-order chi connectivity index (χ0) is 18.6. The topological polar surface area (TPSA) is 46.4 Å². The molecule has 2 aromatic heterocycles. The molecule has 2 aromatic rings. The van der Waals surface area contributed by atoms with Gasteiger partial charge in [-0.3, -0.25) is 4.90 Å². The van der Waals surface area contributed by atoms with E-state index in [4.69, 9.17) is 9.72 Å². The molecular weight excluding hydrogens is 338 g/mol. The van der Waals surface area contributed by atoms with Gasteiger partial charge in [-0.1, -0.05) is 6.07 Å². The van der Waals surface area contributed by atoms with Crippen LogP contribution in [0.4, 0.5) is 5.82 Å². The molecule has 0 saturated carbocycles. The fourth-order valence-corrected chi connectivity index (χ4v) is 4.19. The summed E-state index contributed by atoms with van der Waals surface area (Å²) < 4.78 is 7.74. The number of rotatable bonds is 5. The Labute approximate surface area is 162 Å². The molecule has 0 radical (unpaired) electrons. The van der Waals surface area contributed by atoms with E-state index < -0.39 is 0 Å². The molecule has 2 fully saturated rings. The predicted octanol–water partition coefficient (Wildman–Crippen LogP) is 3.08. The second-order valence-corrected chi connectivity index (χ2v) is 7.98. The van der Waals surface area contributed by atoms with Crippen LogP contribution >= 0.6 is 0 Å². The van der Waals surface area contributed by atoms with Gasteiger partial charge in [-0.05, 0) is 38.3 Å². The van der Waals surface area contributed by atoms with Gasteiger partial charge in [0.1, 0.15) is 11.6 Å². The fourth-order valence-electron chi connectivity index (χ4n) is 4.19. The van der Waals surface area contributed by atoms with Crippen LogP contribution in [0.25, 0.3) is 0 Å². The van der Waals surface area contributed by atoms with Crippen molar-refractivity contribution in [2.75, 3.05) is 44.3 Å². The lowest BCUT2D eigenvalue weighted by atomic mass is 9.97. The minimum atomic E-state index is 0.454. The Bertz CT molecular complexity index is 720. The summed E-state index contributed by atoms with van der Waals surface area (Å²) in [6.07, 6.45) is 8.48. The van der Waals surface area contributed by atoms with Crippen LogP contribution in [0.1, 0.15) is 50.0 Å². The van der Waals surface area contributed by atoms with Crippen LogP contribution in [0, 0.1) is 0 Å². The smallest absolute Gasteiger partial charge is 0.128 e. The molecule has 0 aromatic carbocycles. The molecule has 4 rings (SSSR count). The lowest BCUT2D eigenvalue weighted by Crippen LogP contribution is -2.36. The summed E-state index contributed by atoms with van der Waals surface area (Å²) in [5.74, 6) is 2.79. The molecule has 2 aliphatic heterocycles. The van der Waals surface area contributed by atoms with Gasteiger partial charge in [0, 0.05) is 63.3 Å². The third-order valence-corrected chi connectivity index (χ3v) is 5.68. The van der Waals surface area contributed by atoms with Crippen molar-refractivity contribution in [2.24, 2.45) is 0 Å². The first-order chi connectivity index (χ1) is 13.2. The average molecular weight is 370 g/mol. The molecule has 0 N–H and O–H groups in total. The molecule has 1 atom stereocenters. The molecule has 0 bridgehead atoms. The minimum absolute atomic E-state index is 0.454. The van der Waals surface area contributed by atoms with Gasteiger partial charge in [-0.15, -0.1) is 0 Å². The quantitative estimate of drug-likeness (QED) is 0.811. The highest BCUT2D eigenvalue weighted by Crippen LogP contribution is 2.29. The van der Waals surface area contributed by atoms with Gasteiger partial charge in [0.15, 0.2) is 0 Å². The van der Waals surface area contributed by atoms with E-state index in [1.54, 1.807) is 0 Å². The molecule has 27 heavy (non-hydrogen) atoms. The van der Waals surface area contributed by atoms with Crippen molar-refractivity contribution in [3.8, 4) is 0 Å². The largest absolute Gasteiger partial charge is 0.379 e. The predicted molar refractivity (Wildman–Crippen MR) is 107 cm³/mol.